The van der Waals surface area contributed by atoms with E-state index in [2.05, 4.69) is 92.7 Å². The summed E-state index contributed by atoms with van der Waals surface area (Å²) in [6, 6.07) is 41.0. The van der Waals surface area contributed by atoms with E-state index in [9.17, 15) is 0 Å². The summed E-state index contributed by atoms with van der Waals surface area (Å²) in [5, 5.41) is 0. The smallest absolute Gasteiger partial charge is 0.154 e. The highest BCUT2D eigenvalue weighted by molar-refractivity contribution is 6.05. The Morgan fingerprint density at radius 3 is 2.26 bits per heavy atom. The van der Waals surface area contributed by atoms with Crippen molar-refractivity contribution in [3.63, 3.8) is 0 Å². The van der Waals surface area contributed by atoms with Crippen molar-refractivity contribution in [2.75, 3.05) is 0 Å². The van der Waals surface area contributed by atoms with Crippen LogP contribution in [-0.2, 0) is 18.4 Å². The van der Waals surface area contributed by atoms with Gasteiger partial charge >= 0.3 is 0 Å². The summed E-state index contributed by atoms with van der Waals surface area (Å²) in [6.45, 7) is 5.29. The zero-order valence-corrected chi connectivity index (χ0v) is 22.4. The van der Waals surface area contributed by atoms with E-state index in [1.807, 2.05) is 42.6 Å². The van der Waals surface area contributed by atoms with Crippen molar-refractivity contribution in [3.8, 4) is 22.3 Å². The normalized spacial score (nSPS) is 14.7. The zero-order chi connectivity index (χ0) is 26.4. The Bertz CT molecular complexity index is 1760. The van der Waals surface area contributed by atoms with Crippen molar-refractivity contribution in [2.24, 2.45) is 9.98 Å². The minimum atomic E-state index is -0.0648. The summed E-state index contributed by atoms with van der Waals surface area (Å²) in [6.07, 6.45) is 2.90. The van der Waals surface area contributed by atoms with Gasteiger partial charge in [0.15, 0.2) is 5.84 Å². The summed E-state index contributed by atoms with van der Waals surface area (Å²) in [5.74, 6) is 0.749. The molecule has 0 bridgehead atoms. The topological polar surface area (TPSA) is 24.7 Å². The van der Waals surface area contributed by atoms with Crippen LogP contribution in [0.1, 0.15) is 52.8 Å². The highest BCUT2D eigenvalue weighted by Gasteiger charge is 2.38. The molecule has 0 aromatic heterocycles. The van der Waals surface area contributed by atoms with Gasteiger partial charge in [-0.3, -0.25) is 4.99 Å². The van der Waals surface area contributed by atoms with Gasteiger partial charge in [-0.25, -0.2) is 4.99 Å². The Morgan fingerprint density at radius 2 is 1.44 bits per heavy atom. The SMILES string of the molecule is CC1(C)c2cc3c(cc2-c2c(C/N=C(\N=C\c4ccccc4)c4ccccc4)cccc21)Cc1ccccc1-3. The summed E-state index contributed by atoms with van der Waals surface area (Å²) >= 11 is 0. The van der Waals surface area contributed by atoms with Crippen LogP contribution in [0.5, 0.6) is 0 Å². The highest BCUT2D eigenvalue weighted by atomic mass is 14.9. The maximum absolute atomic E-state index is 5.10. The van der Waals surface area contributed by atoms with E-state index < -0.39 is 0 Å². The zero-order valence-electron chi connectivity index (χ0n) is 22.4. The second-order valence-electron chi connectivity index (χ2n) is 11.0. The molecular weight excluding hydrogens is 472 g/mol. The number of hydrogen-bond acceptors (Lipinski definition) is 1. The van der Waals surface area contributed by atoms with Crippen LogP contribution < -0.4 is 0 Å². The van der Waals surface area contributed by atoms with Gasteiger partial charge in [0.1, 0.15) is 0 Å². The predicted octanol–water partition coefficient (Wildman–Crippen LogP) is 8.63. The van der Waals surface area contributed by atoms with Crippen molar-refractivity contribution < 1.29 is 0 Å². The lowest BCUT2D eigenvalue weighted by atomic mass is 9.81. The minimum absolute atomic E-state index is 0.0648. The van der Waals surface area contributed by atoms with Crippen LogP contribution in [-0.4, -0.2) is 12.1 Å². The molecule has 0 radical (unpaired) electrons. The van der Waals surface area contributed by atoms with Crippen molar-refractivity contribution in [3.05, 3.63) is 154 Å². The van der Waals surface area contributed by atoms with Crippen molar-refractivity contribution in [1.82, 2.24) is 0 Å². The Kier molecular flexibility index (Phi) is 5.63. The summed E-state index contributed by atoms with van der Waals surface area (Å²) in [7, 11) is 0. The molecule has 0 saturated carbocycles. The molecule has 0 heterocycles. The van der Waals surface area contributed by atoms with Crippen molar-refractivity contribution >= 4 is 12.1 Å². The molecule has 0 amide bonds. The first-order chi connectivity index (χ1) is 19.1. The first-order valence-corrected chi connectivity index (χ1v) is 13.7. The van der Waals surface area contributed by atoms with Gasteiger partial charge in [0.2, 0.25) is 0 Å². The van der Waals surface area contributed by atoms with Gasteiger partial charge in [0, 0.05) is 17.2 Å². The van der Waals surface area contributed by atoms with E-state index >= 15 is 0 Å². The fourth-order valence-corrected chi connectivity index (χ4v) is 6.25. The lowest BCUT2D eigenvalue weighted by molar-refractivity contribution is 0.660. The molecule has 5 aromatic rings. The Hall–Kier alpha value is -4.56. The number of nitrogens with zero attached hydrogens (tertiary/aromatic N) is 2. The van der Waals surface area contributed by atoms with Crippen molar-refractivity contribution in [2.45, 2.75) is 32.2 Å². The number of rotatable bonds is 4. The van der Waals surface area contributed by atoms with Crippen molar-refractivity contribution in [1.29, 1.82) is 0 Å². The van der Waals surface area contributed by atoms with Gasteiger partial charge in [-0.1, -0.05) is 117 Å². The molecule has 0 fully saturated rings. The first kappa shape index (κ1) is 23.5. The van der Waals surface area contributed by atoms with Crippen LogP contribution in [0.3, 0.4) is 0 Å². The predicted molar refractivity (Wildman–Crippen MR) is 163 cm³/mol. The summed E-state index contributed by atoms with van der Waals surface area (Å²) in [5.41, 5.74) is 14.4. The van der Waals surface area contributed by atoms with Crippen LogP contribution in [0, 0.1) is 0 Å². The molecule has 0 spiro atoms. The van der Waals surface area contributed by atoms with Gasteiger partial charge in [0.25, 0.3) is 0 Å². The number of aliphatic imine (C=N–C) groups is 2. The third kappa shape index (κ3) is 4.04. The molecule has 2 aliphatic carbocycles. The van der Waals surface area contributed by atoms with Crippen LogP contribution >= 0.6 is 0 Å². The molecule has 5 aromatic carbocycles. The van der Waals surface area contributed by atoms with Gasteiger partial charge in [0.05, 0.1) is 6.54 Å². The lowest BCUT2D eigenvalue weighted by Gasteiger charge is -2.22. The van der Waals surface area contributed by atoms with Crippen LogP contribution in [0.2, 0.25) is 0 Å². The van der Waals surface area contributed by atoms with E-state index in [0.29, 0.717) is 6.54 Å². The van der Waals surface area contributed by atoms with Crippen LogP contribution in [0.25, 0.3) is 22.3 Å². The number of amidine groups is 1. The number of fused-ring (bicyclic) bond motifs is 6. The first-order valence-electron chi connectivity index (χ1n) is 13.7. The van der Waals surface area contributed by atoms with E-state index in [1.54, 1.807) is 0 Å². The fourth-order valence-electron chi connectivity index (χ4n) is 6.25. The monoisotopic (exact) mass is 502 g/mol. The molecular formula is C37H30N2. The van der Waals surface area contributed by atoms with E-state index in [0.717, 1.165) is 23.4 Å². The Morgan fingerprint density at radius 1 is 0.692 bits per heavy atom. The molecule has 7 rings (SSSR count). The van der Waals surface area contributed by atoms with E-state index in [1.165, 1.54) is 50.1 Å². The fraction of sp³-hybridized carbons (Fsp3) is 0.135. The Balaban J connectivity index is 1.31. The van der Waals surface area contributed by atoms with Crippen LogP contribution in [0.15, 0.2) is 125 Å². The molecule has 0 saturated heterocycles. The number of benzene rings is 5. The average molecular weight is 503 g/mol. The van der Waals surface area contributed by atoms with Gasteiger partial charge in [-0.15, -0.1) is 0 Å². The largest absolute Gasteiger partial charge is 0.261 e. The Labute approximate surface area is 230 Å². The molecule has 0 atom stereocenters. The summed E-state index contributed by atoms with van der Waals surface area (Å²) in [4.78, 5) is 9.94. The molecule has 0 unspecified atom stereocenters. The number of hydrogen-bond donors (Lipinski definition) is 0. The lowest BCUT2D eigenvalue weighted by Crippen LogP contribution is -2.15. The molecule has 0 N–H and O–H groups in total. The van der Waals surface area contributed by atoms with E-state index in [-0.39, 0.29) is 5.41 Å². The van der Waals surface area contributed by atoms with Crippen LogP contribution in [0.4, 0.5) is 0 Å². The second-order valence-corrected chi connectivity index (χ2v) is 11.0. The summed E-state index contributed by atoms with van der Waals surface area (Å²) < 4.78 is 0. The van der Waals surface area contributed by atoms with Gasteiger partial charge in [-0.05, 0) is 74.2 Å². The maximum Gasteiger partial charge on any atom is 0.154 e. The molecule has 2 heteroatoms. The molecule has 188 valence electrons. The molecule has 2 nitrogen and oxygen atoms in total. The third-order valence-electron chi connectivity index (χ3n) is 8.27. The molecule has 39 heavy (non-hydrogen) atoms. The minimum Gasteiger partial charge on any atom is -0.261 e. The maximum atomic E-state index is 5.10. The standard InChI is InChI=1S/C37H30N2/c1-37(2)33-19-11-17-28(24-39-36(26-14-7-4-8-15-26)38-23-25-12-5-3-6-13-25)35(33)32-21-29-20-27-16-9-10-18-30(27)31(29)22-34(32)37/h3-19,21-23H,20,24H2,1-2H3/b38-23+,39-36-. The molecule has 2 aliphatic rings. The third-order valence-corrected chi connectivity index (χ3v) is 8.27. The highest BCUT2D eigenvalue weighted by Crippen LogP contribution is 2.53. The second kappa shape index (κ2) is 9.32. The van der Waals surface area contributed by atoms with E-state index in [4.69, 9.17) is 9.98 Å². The molecule has 0 aliphatic heterocycles. The quantitative estimate of drug-likeness (QED) is 0.170. The van der Waals surface area contributed by atoms with Gasteiger partial charge < -0.3 is 0 Å². The average Bonchev–Trinajstić information content (AvgIpc) is 3.45. The van der Waals surface area contributed by atoms with Gasteiger partial charge in [-0.2, -0.15) is 0 Å².